The first-order chi connectivity index (χ1) is 5.87. The third kappa shape index (κ3) is 1.84. The largest absolute Gasteiger partial charge is 0.386 e. The van der Waals surface area contributed by atoms with Gasteiger partial charge in [0.1, 0.15) is 5.60 Å². The standard InChI is InChI=1S/C9H18N2O2/c1-6(2)9(13)4-11(5-9)8(12)7(3)10/h6-7,13H,4-5,10H2,1-3H3. The molecule has 1 unspecified atom stereocenters. The quantitative estimate of drug-likeness (QED) is 0.614. The van der Waals surface area contributed by atoms with Crippen LogP contribution in [0.3, 0.4) is 0 Å². The van der Waals surface area contributed by atoms with Crippen LogP contribution in [-0.2, 0) is 4.79 Å². The van der Waals surface area contributed by atoms with E-state index in [1.165, 1.54) is 0 Å². The molecule has 1 amide bonds. The molecule has 4 heteroatoms. The molecule has 0 bridgehead atoms. The summed E-state index contributed by atoms with van der Waals surface area (Å²) >= 11 is 0. The number of likely N-dealkylation sites (tertiary alicyclic amines) is 1. The van der Waals surface area contributed by atoms with Crippen LogP contribution in [0.5, 0.6) is 0 Å². The minimum atomic E-state index is -0.690. The Kier molecular flexibility index (Phi) is 2.63. The molecule has 0 aromatic rings. The first kappa shape index (κ1) is 10.5. The van der Waals surface area contributed by atoms with Crippen molar-refractivity contribution in [3.8, 4) is 0 Å². The van der Waals surface area contributed by atoms with Crippen molar-refractivity contribution in [3.05, 3.63) is 0 Å². The number of carbonyl (C=O) groups excluding carboxylic acids is 1. The predicted octanol–water partition coefficient (Wildman–Crippen LogP) is -0.437. The highest BCUT2D eigenvalue weighted by Gasteiger charge is 2.46. The lowest BCUT2D eigenvalue weighted by molar-refractivity contribution is -0.164. The van der Waals surface area contributed by atoms with E-state index in [1.54, 1.807) is 11.8 Å². The molecule has 0 spiro atoms. The van der Waals surface area contributed by atoms with Gasteiger partial charge in [-0.25, -0.2) is 0 Å². The van der Waals surface area contributed by atoms with Gasteiger partial charge in [0, 0.05) is 0 Å². The summed E-state index contributed by atoms with van der Waals surface area (Å²) < 4.78 is 0. The van der Waals surface area contributed by atoms with E-state index >= 15 is 0 Å². The molecule has 0 radical (unpaired) electrons. The lowest BCUT2D eigenvalue weighted by Gasteiger charge is -2.49. The molecular weight excluding hydrogens is 168 g/mol. The predicted molar refractivity (Wildman–Crippen MR) is 50.0 cm³/mol. The number of β-amino-alcohol motifs (C(OH)–C–C–N with tert-alkyl or cyclic N) is 1. The Hall–Kier alpha value is -0.610. The molecule has 13 heavy (non-hydrogen) atoms. The maximum absolute atomic E-state index is 11.3. The zero-order chi connectivity index (χ0) is 10.2. The number of amides is 1. The summed E-state index contributed by atoms with van der Waals surface area (Å²) in [6, 6.07) is -0.461. The van der Waals surface area contributed by atoms with Gasteiger partial charge in [0.15, 0.2) is 0 Å². The minimum absolute atomic E-state index is 0.0784. The first-order valence-corrected chi connectivity index (χ1v) is 4.63. The SMILES string of the molecule is CC(N)C(=O)N1CC(O)(C(C)C)C1. The third-order valence-corrected chi connectivity index (χ3v) is 2.71. The molecule has 0 aromatic heterocycles. The van der Waals surface area contributed by atoms with E-state index < -0.39 is 11.6 Å². The Morgan fingerprint density at radius 2 is 1.92 bits per heavy atom. The molecule has 4 nitrogen and oxygen atoms in total. The molecule has 0 aliphatic carbocycles. The van der Waals surface area contributed by atoms with Crippen LogP contribution in [0.15, 0.2) is 0 Å². The molecule has 1 fully saturated rings. The van der Waals surface area contributed by atoms with Crippen LogP contribution in [-0.4, -0.2) is 40.6 Å². The van der Waals surface area contributed by atoms with E-state index in [0.29, 0.717) is 13.1 Å². The summed E-state index contributed by atoms with van der Waals surface area (Å²) in [5.74, 6) is 0.106. The van der Waals surface area contributed by atoms with Gasteiger partial charge in [-0.3, -0.25) is 4.79 Å². The third-order valence-electron chi connectivity index (χ3n) is 2.71. The summed E-state index contributed by atoms with van der Waals surface area (Å²) in [7, 11) is 0. The van der Waals surface area contributed by atoms with E-state index in [-0.39, 0.29) is 11.8 Å². The number of aliphatic hydroxyl groups is 1. The van der Waals surface area contributed by atoms with Crippen LogP contribution in [0.1, 0.15) is 20.8 Å². The summed E-state index contributed by atoms with van der Waals surface area (Å²) in [6.45, 7) is 6.41. The monoisotopic (exact) mass is 186 g/mol. The van der Waals surface area contributed by atoms with Gasteiger partial charge < -0.3 is 15.7 Å². The summed E-state index contributed by atoms with van der Waals surface area (Å²) in [5.41, 5.74) is 4.75. The molecule has 0 aromatic carbocycles. The van der Waals surface area contributed by atoms with Gasteiger partial charge in [0.2, 0.25) is 5.91 Å². The van der Waals surface area contributed by atoms with Gasteiger partial charge in [-0.15, -0.1) is 0 Å². The van der Waals surface area contributed by atoms with Crippen molar-refractivity contribution < 1.29 is 9.90 Å². The number of hydrogen-bond acceptors (Lipinski definition) is 3. The van der Waals surface area contributed by atoms with Gasteiger partial charge in [-0.05, 0) is 12.8 Å². The highest BCUT2D eigenvalue weighted by atomic mass is 16.3. The van der Waals surface area contributed by atoms with E-state index in [9.17, 15) is 9.90 Å². The van der Waals surface area contributed by atoms with Crippen LogP contribution in [0, 0.1) is 5.92 Å². The first-order valence-electron chi connectivity index (χ1n) is 4.63. The number of rotatable bonds is 2. The molecule has 1 atom stereocenters. The van der Waals surface area contributed by atoms with E-state index in [4.69, 9.17) is 5.73 Å². The summed E-state index contributed by atoms with van der Waals surface area (Å²) in [4.78, 5) is 12.9. The Morgan fingerprint density at radius 3 is 2.23 bits per heavy atom. The number of nitrogens with zero attached hydrogens (tertiary/aromatic N) is 1. The van der Waals surface area contributed by atoms with Gasteiger partial charge in [-0.1, -0.05) is 13.8 Å². The highest BCUT2D eigenvalue weighted by Crippen LogP contribution is 2.28. The lowest BCUT2D eigenvalue weighted by atomic mass is 9.83. The number of hydrogen-bond donors (Lipinski definition) is 2. The van der Waals surface area contributed by atoms with Crippen LogP contribution in [0.25, 0.3) is 0 Å². The van der Waals surface area contributed by atoms with Crippen molar-refractivity contribution in [1.29, 1.82) is 0 Å². The highest BCUT2D eigenvalue weighted by molar-refractivity contribution is 5.82. The van der Waals surface area contributed by atoms with Crippen molar-refractivity contribution in [3.63, 3.8) is 0 Å². The van der Waals surface area contributed by atoms with Gasteiger partial charge in [-0.2, -0.15) is 0 Å². The summed E-state index contributed by atoms with van der Waals surface area (Å²) in [6.07, 6.45) is 0. The number of carbonyl (C=O) groups is 1. The zero-order valence-electron chi connectivity index (χ0n) is 8.45. The average molecular weight is 186 g/mol. The molecule has 1 heterocycles. The van der Waals surface area contributed by atoms with Gasteiger partial charge >= 0.3 is 0 Å². The molecule has 76 valence electrons. The molecule has 0 saturated carbocycles. The van der Waals surface area contributed by atoms with Crippen molar-refractivity contribution in [2.45, 2.75) is 32.4 Å². The van der Waals surface area contributed by atoms with Crippen LogP contribution in [0.4, 0.5) is 0 Å². The van der Waals surface area contributed by atoms with Crippen molar-refractivity contribution in [2.24, 2.45) is 11.7 Å². The van der Waals surface area contributed by atoms with Crippen molar-refractivity contribution in [2.75, 3.05) is 13.1 Å². The van der Waals surface area contributed by atoms with Crippen molar-refractivity contribution in [1.82, 2.24) is 4.90 Å². The zero-order valence-corrected chi connectivity index (χ0v) is 8.45. The second-order valence-corrected chi connectivity index (χ2v) is 4.24. The normalized spacial score (nSPS) is 22.8. The van der Waals surface area contributed by atoms with Crippen LogP contribution < -0.4 is 5.73 Å². The fourth-order valence-electron chi connectivity index (χ4n) is 1.42. The molecule has 1 aliphatic heterocycles. The van der Waals surface area contributed by atoms with Crippen LogP contribution in [0.2, 0.25) is 0 Å². The lowest BCUT2D eigenvalue weighted by Crippen LogP contribution is -2.67. The molecule has 1 saturated heterocycles. The van der Waals surface area contributed by atoms with Gasteiger partial charge in [0.25, 0.3) is 0 Å². The average Bonchev–Trinajstić information content (AvgIpc) is 1.96. The second kappa shape index (κ2) is 3.27. The van der Waals surface area contributed by atoms with Gasteiger partial charge in [0.05, 0.1) is 19.1 Å². The Balaban J connectivity index is 2.45. The summed E-state index contributed by atoms with van der Waals surface area (Å²) in [5, 5.41) is 9.85. The number of nitrogens with two attached hydrogens (primary N) is 1. The van der Waals surface area contributed by atoms with E-state index in [0.717, 1.165) is 0 Å². The topological polar surface area (TPSA) is 66.6 Å². The molecular formula is C9H18N2O2. The fourth-order valence-corrected chi connectivity index (χ4v) is 1.42. The van der Waals surface area contributed by atoms with Crippen LogP contribution >= 0.6 is 0 Å². The van der Waals surface area contributed by atoms with Crippen molar-refractivity contribution >= 4 is 5.91 Å². The molecule has 1 rings (SSSR count). The Morgan fingerprint density at radius 1 is 1.46 bits per heavy atom. The minimum Gasteiger partial charge on any atom is -0.386 e. The maximum Gasteiger partial charge on any atom is 0.239 e. The molecule has 3 N–H and O–H groups in total. The Labute approximate surface area is 78.7 Å². The smallest absolute Gasteiger partial charge is 0.239 e. The second-order valence-electron chi connectivity index (χ2n) is 4.24. The Bertz CT molecular complexity index is 208. The molecule has 1 aliphatic rings. The fraction of sp³-hybridized carbons (Fsp3) is 0.889. The van der Waals surface area contributed by atoms with E-state index in [1.807, 2.05) is 13.8 Å². The van der Waals surface area contributed by atoms with E-state index in [2.05, 4.69) is 0 Å². The maximum atomic E-state index is 11.3.